The normalized spacial score (nSPS) is 14.5. The Morgan fingerprint density at radius 3 is 2.78 bits per heavy atom. The molecule has 0 atom stereocenters. The lowest BCUT2D eigenvalue weighted by Crippen LogP contribution is -2.30. The molecule has 0 radical (unpaired) electrons. The molecule has 3 aromatic heterocycles. The number of fused-ring (bicyclic) bond motifs is 1. The van der Waals surface area contributed by atoms with E-state index in [1.54, 1.807) is 30.8 Å². The highest BCUT2D eigenvalue weighted by Crippen LogP contribution is 2.25. The van der Waals surface area contributed by atoms with E-state index in [-0.39, 0.29) is 17.7 Å². The van der Waals surface area contributed by atoms with Gasteiger partial charge in [0.15, 0.2) is 5.82 Å². The Balaban J connectivity index is 1.70. The third-order valence-corrected chi connectivity index (χ3v) is 5.44. The van der Waals surface area contributed by atoms with Crippen LogP contribution in [0.4, 0.5) is 20.8 Å². The van der Waals surface area contributed by atoms with Crippen molar-refractivity contribution in [3.05, 3.63) is 40.2 Å². The van der Waals surface area contributed by atoms with Crippen LogP contribution in [0.1, 0.15) is 18.5 Å². The van der Waals surface area contributed by atoms with E-state index in [1.165, 1.54) is 17.7 Å². The zero-order valence-corrected chi connectivity index (χ0v) is 18.1. The van der Waals surface area contributed by atoms with Gasteiger partial charge in [-0.1, -0.05) is 0 Å². The maximum atomic E-state index is 14.4. The van der Waals surface area contributed by atoms with E-state index in [2.05, 4.69) is 20.0 Å². The monoisotopic (exact) mass is 445 g/mol. The number of nitrogens with zero attached hydrogens (tertiary/aromatic N) is 4. The molecule has 4 rings (SSSR count). The molecule has 0 unspecified atom stereocenters. The van der Waals surface area contributed by atoms with Gasteiger partial charge in [-0.25, -0.2) is 14.2 Å². The number of anilines is 2. The second-order valence-electron chi connectivity index (χ2n) is 7.69. The average Bonchev–Trinajstić information content (AvgIpc) is 3.11. The van der Waals surface area contributed by atoms with E-state index in [9.17, 15) is 14.0 Å². The number of halogens is 1. The number of nitrogens with one attached hydrogen (secondary N) is 1. The minimum atomic E-state index is -0.838. The molecule has 4 heterocycles. The molecule has 0 spiro atoms. The van der Waals surface area contributed by atoms with Crippen molar-refractivity contribution >= 4 is 28.8 Å². The van der Waals surface area contributed by atoms with Gasteiger partial charge in [-0.05, 0) is 31.7 Å². The number of pyridine rings is 1. The van der Waals surface area contributed by atoms with Crippen molar-refractivity contribution in [1.29, 1.82) is 0 Å². The van der Waals surface area contributed by atoms with Gasteiger partial charge in [-0.2, -0.15) is 4.98 Å². The molecule has 0 amide bonds. The van der Waals surface area contributed by atoms with Crippen LogP contribution >= 0.6 is 0 Å². The van der Waals surface area contributed by atoms with Crippen molar-refractivity contribution in [2.45, 2.75) is 26.3 Å². The van der Waals surface area contributed by atoms with Crippen LogP contribution in [-0.2, 0) is 23.1 Å². The number of rotatable bonds is 5. The SMILES string of the molecule is COC(=O)Oc1cc(Nc2nc(C)c3cc(F)c(=O)n(CC4CCOCC4)c3n2)cn1C. The molecule has 0 aromatic carbocycles. The van der Waals surface area contributed by atoms with Gasteiger partial charge in [0.1, 0.15) is 5.65 Å². The van der Waals surface area contributed by atoms with E-state index in [4.69, 9.17) is 9.47 Å². The molecule has 1 saturated heterocycles. The Hall–Kier alpha value is -3.47. The first-order valence-electron chi connectivity index (χ1n) is 10.2. The van der Waals surface area contributed by atoms with Crippen LogP contribution in [0, 0.1) is 18.7 Å². The first-order valence-corrected chi connectivity index (χ1v) is 10.2. The van der Waals surface area contributed by atoms with Gasteiger partial charge in [-0.15, -0.1) is 0 Å². The van der Waals surface area contributed by atoms with Crippen LogP contribution in [0.2, 0.25) is 0 Å². The molecule has 1 aliphatic heterocycles. The van der Waals surface area contributed by atoms with E-state index in [0.717, 1.165) is 12.8 Å². The number of hydrogen-bond donors (Lipinski definition) is 1. The summed E-state index contributed by atoms with van der Waals surface area (Å²) in [5, 5.41) is 3.52. The quantitative estimate of drug-likeness (QED) is 0.597. The molecule has 1 fully saturated rings. The zero-order valence-electron chi connectivity index (χ0n) is 18.1. The van der Waals surface area contributed by atoms with Crippen molar-refractivity contribution in [3.63, 3.8) is 0 Å². The summed E-state index contributed by atoms with van der Waals surface area (Å²) < 4.78 is 32.3. The van der Waals surface area contributed by atoms with E-state index < -0.39 is 17.5 Å². The lowest BCUT2D eigenvalue weighted by Gasteiger charge is -2.23. The first kappa shape index (κ1) is 21.8. The van der Waals surface area contributed by atoms with Gasteiger partial charge >= 0.3 is 6.16 Å². The molecule has 0 bridgehead atoms. The highest BCUT2D eigenvalue weighted by Gasteiger charge is 2.20. The van der Waals surface area contributed by atoms with Crippen LogP contribution in [0.5, 0.6) is 5.88 Å². The highest BCUT2D eigenvalue weighted by molar-refractivity contribution is 5.79. The summed E-state index contributed by atoms with van der Waals surface area (Å²) in [7, 11) is 2.92. The van der Waals surface area contributed by atoms with Crippen LogP contribution in [0.3, 0.4) is 0 Å². The Kier molecular flexibility index (Phi) is 6.08. The minimum Gasteiger partial charge on any atom is -0.437 e. The Bertz CT molecular complexity index is 1220. The van der Waals surface area contributed by atoms with Crippen molar-refractivity contribution in [1.82, 2.24) is 19.1 Å². The standard InChI is InChI=1S/C21H24FN5O5/c1-12-15-9-16(22)19(28)27(10-13-4-6-31-7-5-13)18(15)25-20(23-12)24-14-8-17(26(2)11-14)32-21(29)30-3/h8-9,11,13H,4-7,10H2,1-3H3,(H,23,24,25). The van der Waals surface area contributed by atoms with Gasteiger partial charge in [0.05, 0.1) is 18.5 Å². The fourth-order valence-corrected chi connectivity index (χ4v) is 3.74. The summed E-state index contributed by atoms with van der Waals surface area (Å²) >= 11 is 0. The molecule has 1 N–H and O–H groups in total. The van der Waals surface area contributed by atoms with Crippen LogP contribution < -0.4 is 15.6 Å². The predicted octanol–water partition coefficient (Wildman–Crippen LogP) is 2.89. The summed E-state index contributed by atoms with van der Waals surface area (Å²) in [5.74, 6) is -0.137. The maximum Gasteiger partial charge on any atom is 0.514 e. The number of aromatic nitrogens is 4. The van der Waals surface area contributed by atoms with Gasteiger partial charge in [0, 0.05) is 44.5 Å². The summed E-state index contributed by atoms with van der Waals surface area (Å²) in [6.07, 6.45) is 2.44. The molecular weight excluding hydrogens is 421 g/mol. The average molecular weight is 445 g/mol. The van der Waals surface area contributed by atoms with E-state index in [1.807, 2.05) is 0 Å². The minimum absolute atomic E-state index is 0.199. The molecule has 32 heavy (non-hydrogen) atoms. The fraction of sp³-hybridized carbons (Fsp3) is 0.429. The van der Waals surface area contributed by atoms with E-state index in [0.29, 0.717) is 42.2 Å². The highest BCUT2D eigenvalue weighted by atomic mass is 19.1. The number of carbonyl (C=O) groups is 1. The lowest BCUT2D eigenvalue weighted by atomic mass is 10.0. The first-order chi connectivity index (χ1) is 15.4. The summed E-state index contributed by atoms with van der Waals surface area (Å²) in [6.45, 7) is 3.33. The number of ether oxygens (including phenoxy) is 3. The van der Waals surface area contributed by atoms with Crippen molar-refractivity contribution in [2.24, 2.45) is 13.0 Å². The van der Waals surface area contributed by atoms with Crippen molar-refractivity contribution in [2.75, 3.05) is 25.6 Å². The van der Waals surface area contributed by atoms with Crippen LogP contribution in [0.15, 0.2) is 23.1 Å². The van der Waals surface area contributed by atoms with Gasteiger partial charge in [0.2, 0.25) is 11.8 Å². The number of methoxy groups -OCH3 is 1. The number of hydrogen-bond acceptors (Lipinski definition) is 8. The Morgan fingerprint density at radius 2 is 2.06 bits per heavy atom. The molecule has 11 heteroatoms. The molecular formula is C21H24FN5O5. The molecule has 10 nitrogen and oxygen atoms in total. The second-order valence-corrected chi connectivity index (χ2v) is 7.69. The van der Waals surface area contributed by atoms with Crippen LogP contribution in [-0.4, -0.2) is 45.6 Å². The van der Waals surface area contributed by atoms with Gasteiger partial charge in [-0.3, -0.25) is 9.36 Å². The van der Waals surface area contributed by atoms with Gasteiger partial charge in [0.25, 0.3) is 5.56 Å². The third-order valence-electron chi connectivity index (χ3n) is 5.44. The summed E-state index contributed by atoms with van der Waals surface area (Å²) in [6, 6.07) is 2.77. The third kappa shape index (κ3) is 4.42. The summed E-state index contributed by atoms with van der Waals surface area (Å²) in [4.78, 5) is 32.9. The lowest BCUT2D eigenvalue weighted by molar-refractivity contribution is 0.0612. The zero-order chi connectivity index (χ0) is 22.8. The largest absolute Gasteiger partial charge is 0.514 e. The van der Waals surface area contributed by atoms with Crippen molar-refractivity contribution < 1.29 is 23.4 Å². The van der Waals surface area contributed by atoms with Crippen molar-refractivity contribution in [3.8, 4) is 5.88 Å². The van der Waals surface area contributed by atoms with Gasteiger partial charge < -0.3 is 24.1 Å². The molecule has 3 aromatic rings. The van der Waals surface area contributed by atoms with E-state index >= 15 is 0 Å². The number of carbonyl (C=O) groups excluding carboxylic acids is 1. The molecule has 170 valence electrons. The van der Waals surface area contributed by atoms with Crippen LogP contribution in [0.25, 0.3) is 11.0 Å². The summed E-state index contributed by atoms with van der Waals surface area (Å²) in [5.41, 5.74) is 0.742. The predicted molar refractivity (Wildman–Crippen MR) is 114 cm³/mol. The Labute approximate surface area is 182 Å². The topological polar surface area (TPSA) is 110 Å². The molecule has 0 aliphatic carbocycles. The smallest absolute Gasteiger partial charge is 0.437 e. The molecule has 0 saturated carbocycles. The number of aryl methyl sites for hydroxylation is 2. The Morgan fingerprint density at radius 1 is 1.31 bits per heavy atom. The maximum absolute atomic E-state index is 14.4. The molecule has 1 aliphatic rings. The second kappa shape index (κ2) is 8.95. The fourth-order valence-electron chi connectivity index (χ4n) is 3.74.